The van der Waals surface area contributed by atoms with Crippen molar-refractivity contribution in [2.75, 3.05) is 5.32 Å². The molecular weight excluding hydrogens is 186 g/mol. The van der Waals surface area contributed by atoms with Crippen LogP contribution in [0.3, 0.4) is 0 Å². The van der Waals surface area contributed by atoms with Crippen molar-refractivity contribution in [3.05, 3.63) is 23.9 Å². The molecule has 1 atom stereocenters. The molecule has 0 aliphatic heterocycles. The van der Waals surface area contributed by atoms with Gasteiger partial charge >= 0.3 is 0 Å². The van der Waals surface area contributed by atoms with Gasteiger partial charge in [-0.2, -0.15) is 5.26 Å². The Bertz CT molecular complexity index is 377. The minimum absolute atomic E-state index is 0.459. The van der Waals surface area contributed by atoms with Gasteiger partial charge in [0.25, 0.3) is 0 Å². The third-order valence-electron chi connectivity index (χ3n) is 3.12. The predicted octanol–water partition coefficient (Wildman–Crippen LogP) is 2.55. The molecule has 1 N–H and O–H groups in total. The highest BCUT2D eigenvalue weighted by Gasteiger charge is 2.23. The summed E-state index contributed by atoms with van der Waals surface area (Å²) in [4.78, 5) is 4.21. The second-order valence-electron chi connectivity index (χ2n) is 4.17. The molecule has 0 bridgehead atoms. The summed E-state index contributed by atoms with van der Waals surface area (Å²) in [6, 6.07) is 6.10. The molecule has 78 valence electrons. The highest BCUT2D eigenvalue weighted by atomic mass is 15.0. The van der Waals surface area contributed by atoms with Gasteiger partial charge in [0.2, 0.25) is 0 Å². The summed E-state index contributed by atoms with van der Waals surface area (Å²) in [5, 5.41) is 12.1. The lowest BCUT2D eigenvalue weighted by atomic mass is 9.80. The zero-order chi connectivity index (χ0) is 10.7. The highest BCUT2D eigenvalue weighted by Crippen LogP contribution is 2.30. The van der Waals surface area contributed by atoms with E-state index in [4.69, 9.17) is 5.26 Å². The van der Waals surface area contributed by atoms with Crippen LogP contribution >= 0.6 is 0 Å². The van der Waals surface area contributed by atoms with Crippen molar-refractivity contribution in [2.45, 2.75) is 32.2 Å². The fraction of sp³-hybridized carbons (Fsp3) is 0.500. The van der Waals surface area contributed by atoms with Gasteiger partial charge < -0.3 is 5.32 Å². The second-order valence-corrected chi connectivity index (χ2v) is 4.17. The SMILES string of the molecule is CC(Nc1cc(C#N)ccn1)C1CCC1. The summed E-state index contributed by atoms with van der Waals surface area (Å²) in [5.41, 5.74) is 0.660. The molecule has 1 aliphatic rings. The molecule has 1 aromatic heterocycles. The van der Waals surface area contributed by atoms with E-state index in [1.165, 1.54) is 19.3 Å². The summed E-state index contributed by atoms with van der Waals surface area (Å²) >= 11 is 0. The van der Waals surface area contributed by atoms with E-state index in [0.29, 0.717) is 11.6 Å². The van der Waals surface area contributed by atoms with E-state index in [0.717, 1.165) is 11.7 Å². The fourth-order valence-corrected chi connectivity index (χ4v) is 1.87. The molecule has 0 amide bonds. The number of nitrogens with one attached hydrogen (secondary N) is 1. The number of anilines is 1. The van der Waals surface area contributed by atoms with Crippen LogP contribution in [0.5, 0.6) is 0 Å². The Hall–Kier alpha value is -1.56. The first-order valence-corrected chi connectivity index (χ1v) is 5.42. The van der Waals surface area contributed by atoms with Crippen molar-refractivity contribution in [3.8, 4) is 6.07 Å². The molecule has 2 rings (SSSR count). The first-order valence-electron chi connectivity index (χ1n) is 5.42. The normalized spacial score (nSPS) is 17.6. The zero-order valence-electron chi connectivity index (χ0n) is 8.90. The van der Waals surface area contributed by atoms with Gasteiger partial charge in [0.15, 0.2) is 0 Å². The molecule has 1 aliphatic carbocycles. The summed E-state index contributed by atoms with van der Waals surface area (Å²) in [5.74, 6) is 1.59. The summed E-state index contributed by atoms with van der Waals surface area (Å²) in [6.45, 7) is 2.19. The standard InChI is InChI=1S/C12H15N3/c1-9(11-3-2-4-11)15-12-7-10(8-13)5-6-14-12/h5-7,9,11H,2-4H2,1H3,(H,14,15). The van der Waals surface area contributed by atoms with Crippen LogP contribution in [0.25, 0.3) is 0 Å². The summed E-state index contributed by atoms with van der Waals surface area (Å²) in [7, 11) is 0. The zero-order valence-corrected chi connectivity index (χ0v) is 8.90. The second kappa shape index (κ2) is 4.31. The van der Waals surface area contributed by atoms with Gasteiger partial charge in [-0.05, 0) is 37.8 Å². The minimum Gasteiger partial charge on any atom is -0.367 e. The van der Waals surface area contributed by atoms with Gasteiger partial charge in [0.05, 0.1) is 11.6 Å². The third kappa shape index (κ3) is 2.27. The number of aromatic nitrogens is 1. The van der Waals surface area contributed by atoms with Crippen LogP contribution < -0.4 is 5.32 Å². The van der Waals surface area contributed by atoms with Crippen LogP contribution in [-0.2, 0) is 0 Å². The maximum atomic E-state index is 8.76. The maximum Gasteiger partial charge on any atom is 0.127 e. The van der Waals surface area contributed by atoms with Crippen molar-refractivity contribution in [3.63, 3.8) is 0 Å². The third-order valence-corrected chi connectivity index (χ3v) is 3.12. The average molecular weight is 201 g/mol. The molecular formula is C12H15N3. The van der Waals surface area contributed by atoms with Crippen LogP contribution in [0.2, 0.25) is 0 Å². The molecule has 0 radical (unpaired) electrons. The molecule has 0 aromatic carbocycles. The Labute approximate surface area is 90.1 Å². The largest absolute Gasteiger partial charge is 0.367 e. The number of rotatable bonds is 3. The number of hydrogen-bond acceptors (Lipinski definition) is 3. The van der Waals surface area contributed by atoms with Crippen LogP contribution in [0.1, 0.15) is 31.7 Å². The van der Waals surface area contributed by atoms with Gasteiger partial charge in [-0.1, -0.05) is 6.42 Å². The molecule has 0 saturated heterocycles. The van der Waals surface area contributed by atoms with Crippen LogP contribution in [0.15, 0.2) is 18.3 Å². The monoisotopic (exact) mass is 201 g/mol. The van der Waals surface area contributed by atoms with Crippen molar-refractivity contribution in [1.29, 1.82) is 5.26 Å². The van der Waals surface area contributed by atoms with E-state index < -0.39 is 0 Å². The quantitative estimate of drug-likeness (QED) is 0.817. The van der Waals surface area contributed by atoms with Gasteiger partial charge in [-0.25, -0.2) is 4.98 Å². The van der Waals surface area contributed by atoms with Gasteiger partial charge in [-0.3, -0.25) is 0 Å². The van der Waals surface area contributed by atoms with E-state index >= 15 is 0 Å². The molecule has 15 heavy (non-hydrogen) atoms. The van der Waals surface area contributed by atoms with Crippen molar-refractivity contribution >= 4 is 5.82 Å². The summed E-state index contributed by atoms with van der Waals surface area (Å²) in [6.07, 6.45) is 5.65. The number of hydrogen-bond donors (Lipinski definition) is 1. The van der Waals surface area contributed by atoms with Gasteiger partial charge in [-0.15, -0.1) is 0 Å². The van der Waals surface area contributed by atoms with E-state index in [1.54, 1.807) is 18.3 Å². The first-order chi connectivity index (χ1) is 7.29. The Kier molecular flexibility index (Phi) is 2.86. The average Bonchev–Trinajstić information content (AvgIpc) is 2.15. The molecule has 3 nitrogen and oxygen atoms in total. The molecule has 0 spiro atoms. The molecule has 1 saturated carbocycles. The number of nitriles is 1. The van der Waals surface area contributed by atoms with Crippen LogP contribution in [0.4, 0.5) is 5.82 Å². The first kappa shape index (κ1) is 9.97. The molecule has 1 unspecified atom stereocenters. The minimum atomic E-state index is 0.459. The lowest BCUT2D eigenvalue weighted by molar-refractivity contribution is 0.285. The van der Waals surface area contributed by atoms with E-state index in [1.807, 2.05) is 0 Å². The van der Waals surface area contributed by atoms with E-state index in [2.05, 4.69) is 23.3 Å². The van der Waals surface area contributed by atoms with Gasteiger partial charge in [0.1, 0.15) is 5.82 Å². The van der Waals surface area contributed by atoms with E-state index in [9.17, 15) is 0 Å². The van der Waals surface area contributed by atoms with Crippen molar-refractivity contribution < 1.29 is 0 Å². The van der Waals surface area contributed by atoms with Crippen LogP contribution in [-0.4, -0.2) is 11.0 Å². The highest BCUT2D eigenvalue weighted by molar-refractivity contribution is 5.43. The topological polar surface area (TPSA) is 48.7 Å². The van der Waals surface area contributed by atoms with Crippen LogP contribution in [0, 0.1) is 17.2 Å². The number of pyridine rings is 1. The summed E-state index contributed by atoms with van der Waals surface area (Å²) < 4.78 is 0. The predicted molar refractivity (Wildman–Crippen MR) is 59.4 cm³/mol. The smallest absolute Gasteiger partial charge is 0.127 e. The Morgan fingerprint density at radius 1 is 1.60 bits per heavy atom. The van der Waals surface area contributed by atoms with E-state index in [-0.39, 0.29) is 0 Å². The lowest BCUT2D eigenvalue weighted by Gasteiger charge is -2.32. The Morgan fingerprint density at radius 3 is 3.00 bits per heavy atom. The lowest BCUT2D eigenvalue weighted by Crippen LogP contribution is -2.31. The van der Waals surface area contributed by atoms with Crippen molar-refractivity contribution in [1.82, 2.24) is 4.98 Å². The molecule has 3 heteroatoms. The Morgan fingerprint density at radius 2 is 2.40 bits per heavy atom. The fourth-order valence-electron chi connectivity index (χ4n) is 1.87. The van der Waals surface area contributed by atoms with Crippen molar-refractivity contribution in [2.24, 2.45) is 5.92 Å². The molecule has 1 aromatic rings. The molecule has 1 heterocycles. The molecule has 1 fully saturated rings. The Balaban J connectivity index is 2.00. The maximum absolute atomic E-state index is 8.76. The number of nitrogens with zero attached hydrogens (tertiary/aromatic N) is 2. The van der Waals surface area contributed by atoms with Gasteiger partial charge in [0, 0.05) is 12.2 Å².